The fourth-order valence-electron chi connectivity index (χ4n) is 8.48. The molecule has 10 aromatic rings. The molecule has 0 nitrogen and oxygen atoms in total. The maximum atomic E-state index is 2.44. The summed E-state index contributed by atoms with van der Waals surface area (Å²) in [5.41, 5.74) is 12.9. The van der Waals surface area contributed by atoms with Crippen LogP contribution in [0.25, 0.3) is 86.6 Å². The second kappa shape index (κ2) is 12.8. The average Bonchev–Trinajstić information content (AvgIpc) is 3.78. The molecule has 0 spiro atoms. The van der Waals surface area contributed by atoms with Crippen molar-refractivity contribution in [1.82, 2.24) is 0 Å². The fraction of sp³-hybridized carbons (Fsp3) is 0. The van der Waals surface area contributed by atoms with Crippen LogP contribution in [0.5, 0.6) is 0 Å². The van der Waals surface area contributed by atoms with E-state index in [1.165, 1.54) is 102 Å². The molecule has 252 valence electrons. The second-order valence-electron chi connectivity index (χ2n) is 14.1. The SMILES string of the molecule is c1ccc(-c2cccc(P(c3ccc(-c4ccc5c(c4)sc4cc6c7c(cccc7c45)-c4ccccc4-6)cc3)c3cccc(-c4ccccc4)c3)c2)cc1. The summed E-state index contributed by atoms with van der Waals surface area (Å²) in [5, 5.41) is 9.52. The van der Waals surface area contributed by atoms with Gasteiger partial charge in [0.25, 0.3) is 0 Å². The molecular formula is C52H33PS. The van der Waals surface area contributed by atoms with Gasteiger partial charge in [0, 0.05) is 20.2 Å². The molecule has 0 amide bonds. The number of hydrogen-bond acceptors (Lipinski definition) is 1. The Morgan fingerprint density at radius 3 is 1.46 bits per heavy atom. The van der Waals surface area contributed by atoms with E-state index in [9.17, 15) is 0 Å². The number of hydrogen-bond donors (Lipinski definition) is 0. The van der Waals surface area contributed by atoms with Gasteiger partial charge in [0.05, 0.1) is 0 Å². The second-order valence-corrected chi connectivity index (χ2v) is 17.4. The third-order valence-electron chi connectivity index (χ3n) is 11.0. The highest BCUT2D eigenvalue weighted by molar-refractivity contribution is 7.79. The van der Waals surface area contributed by atoms with Gasteiger partial charge in [-0.2, -0.15) is 0 Å². The van der Waals surface area contributed by atoms with Gasteiger partial charge in [-0.1, -0.05) is 176 Å². The molecule has 9 aromatic carbocycles. The van der Waals surface area contributed by atoms with Crippen molar-refractivity contribution in [3.63, 3.8) is 0 Å². The van der Waals surface area contributed by atoms with E-state index in [0.29, 0.717) is 0 Å². The van der Waals surface area contributed by atoms with Crippen molar-refractivity contribution >= 4 is 66.1 Å². The zero-order valence-corrected chi connectivity index (χ0v) is 31.1. The Morgan fingerprint density at radius 1 is 0.278 bits per heavy atom. The van der Waals surface area contributed by atoms with Crippen LogP contribution in [0, 0.1) is 0 Å². The van der Waals surface area contributed by atoms with Gasteiger partial charge in [-0.05, 0) is 115 Å². The minimum Gasteiger partial charge on any atom is -0.135 e. The van der Waals surface area contributed by atoms with Gasteiger partial charge in [-0.15, -0.1) is 11.3 Å². The van der Waals surface area contributed by atoms with Crippen molar-refractivity contribution in [2.75, 3.05) is 0 Å². The quantitative estimate of drug-likeness (QED) is 0.150. The van der Waals surface area contributed by atoms with Crippen LogP contribution >= 0.6 is 19.3 Å². The van der Waals surface area contributed by atoms with Crippen LogP contribution in [0.15, 0.2) is 200 Å². The molecule has 0 saturated carbocycles. The Kier molecular flexibility index (Phi) is 7.44. The molecule has 0 bridgehead atoms. The highest BCUT2D eigenvalue weighted by atomic mass is 32.1. The molecule has 0 N–H and O–H groups in total. The van der Waals surface area contributed by atoms with Gasteiger partial charge in [0.15, 0.2) is 0 Å². The molecule has 1 aromatic heterocycles. The molecule has 1 aliphatic rings. The van der Waals surface area contributed by atoms with E-state index in [1.807, 2.05) is 11.3 Å². The van der Waals surface area contributed by atoms with Crippen LogP contribution < -0.4 is 15.9 Å². The van der Waals surface area contributed by atoms with Crippen LogP contribution in [-0.4, -0.2) is 0 Å². The van der Waals surface area contributed by atoms with E-state index in [2.05, 4.69) is 200 Å². The highest BCUT2D eigenvalue weighted by Gasteiger charge is 2.24. The van der Waals surface area contributed by atoms with Crippen molar-refractivity contribution < 1.29 is 0 Å². The van der Waals surface area contributed by atoms with E-state index < -0.39 is 7.92 Å². The zero-order valence-electron chi connectivity index (χ0n) is 29.4. The van der Waals surface area contributed by atoms with Crippen molar-refractivity contribution in [2.24, 2.45) is 0 Å². The first-order chi connectivity index (χ1) is 26.8. The topological polar surface area (TPSA) is 0 Å². The average molecular weight is 721 g/mol. The predicted molar refractivity (Wildman–Crippen MR) is 236 cm³/mol. The van der Waals surface area contributed by atoms with E-state index >= 15 is 0 Å². The lowest BCUT2D eigenvalue weighted by atomic mass is 9.97. The molecule has 11 rings (SSSR count). The van der Waals surface area contributed by atoms with Gasteiger partial charge in [0.1, 0.15) is 0 Å². The van der Waals surface area contributed by atoms with Crippen molar-refractivity contribution in [3.8, 4) is 55.6 Å². The summed E-state index contributed by atoms with van der Waals surface area (Å²) in [5.74, 6) is 0. The van der Waals surface area contributed by atoms with Crippen molar-refractivity contribution in [1.29, 1.82) is 0 Å². The van der Waals surface area contributed by atoms with E-state index in [4.69, 9.17) is 0 Å². The van der Waals surface area contributed by atoms with E-state index in [-0.39, 0.29) is 0 Å². The Labute approximate surface area is 320 Å². The number of benzene rings is 9. The molecule has 0 unspecified atom stereocenters. The summed E-state index contributed by atoms with van der Waals surface area (Å²) in [4.78, 5) is 0. The Morgan fingerprint density at radius 2 is 0.796 bits per heavy atom. The van der Waals surface area contributed by atoms with Gasteiger partial charge in [0.2, 0.25) is 0 Å². The van der Waals surface area contributed by atoms with Crippen molar-refractivity contribution in [2.45, 2.75) is 0 Å². The maximum Gasteiger partial charge on any atom is 0.0368 e. The van der Waals surface area contributed by atoms with Gasteiger partial charge < -0.3 is 0 Å². The molecular weight excluding hydrogens is 688 g/mol. The van der Waals surface area contributed by atoms with Gasteiger partial charge in [-0.25, -0.2) is 0 Å². The van der Waals surface area contributed by atoms with Crippen LogP contribution in [0.3, 0.4) is 0 Å². The van der Waals surface area contributed by atoms with E-state index in [0.717, 1.165) is 0 Å². The minimum atomic E-state index is -0.816. The van der Waals surface area contributed by atoms with Gasteiger partial charge >= 0.3 is 0 Å². The minimum absolute atomic E-state index is 0.816. The lowest BCUT2D eigenvalue weighted by Crippen LogP contribution is -2.21. The third kappa shape index (κ3) is 5.16. The first-order valence-electron chi connectivity index (χ1n) is 18.5. The van der Waals surface area contributed by atoms with Crippen LogP contribution in [0.1, 0.15) is 0 Å². The predicted octanol–water partition coefficient (Wildman–Crippen LogP) is 13.6. The van der Waals surface area contributed by atoms with Crippen LogP contribution in [0.2, 0.25) is 0 Å². The molecule has 0 saturated heterocycles. The molecule has 0 fully saturated rings. The molecule has 0 atom stereocenters. The smallest absolute Gasteiger partial charge is 0.0368 e. The summed E-state index contributed by atoms with van der Waals surface area (Å²) in [7, 11) is -0.816. The maximum absolute atomic E-state index is 2.44. The summed E-state index contributed by atoms with van der Waals surface area (Å²) in [6, 6.07) is 74.4. The first kappa shape index (κ1) is 31.4. The number of thiophene rings is 1. The lowest BCUT2D eigenvalue weighted by Gasteiger charge is -2.21. The monoisotopic (exact) mass is 720 g/mol. The largest absolute Gasteiger partial charge is 0.135 e. The van der Waals surface area contributed by atoms with E-state index in [1.54, 1.807) is 0 Å². The zero-order chi connectivity index (χ0) is 35.6. The first-order valence-corrected chi connectivity index (χ1v) is 20.7. The normalized spacial score (nSPS) is 11.9. The Balaban J connectivity index is 1.00. The molecule has 2 heteroatoms. The van der Waals surface area contributed by atoms with Gasteiger partial charge in [-0.3, -0.25) is 0 Å². The summed E-state index contributed by atoms with van der Waals surface area (Å²) in [6.07, 6.45) is 0. The Hall–Kier alpha value is -6.11. The fourth-order valence-corrected chi connectivity index (χ4v) is 12.0. The summed E-state index contributed by atoms with van der Waals surface area (Å²) < 4.78 is 2.69. The number of rotatable bonds is 6. The highest BCUT2D eigenvalue weighted by Crippen LogP contribution is 2.52. The van der Waals surface area contributed by atoms with Crippen molar-refractivity contribution in [3.05, 3.63) is 200 Å². The van der Waals surface area contributed by atoms with Crippen LogP contribution in [0.4, 0.5) is 0 Å². The molecule has 0 radical (unpaired) electrons. The number of fused-ring (bicyclic) bond motifs is 7. The lowest BCUT2D eigenvalue weighted by molar-refractivity contribution is 1.63. The molecule has 0 aliphatic heterocycles. The summed E-state index contributed by atoms with van der Waals surface area (Å²) >= 11 is 1.92. The third-order valence-corrected chi connectivity index (χ3v) is 14.5. The molecule has 1 heterocycles. The standard InChI is InChI=1S/C52H33PS/c1-3-12-34(13-4-1)37-16-9-18-41(30-37)53(42-19-10-17-38(31-42)35-14-5-2-6-15-35)40-27-24-36(25-28-40)39-26-29-46-49(32-39)54-50-33-48-44-21-8-7-20-43(44)45-22-11-23-47(51(45)48)52(46)50/h1-33H. The Bertz CT molecular complexity index is 2950. The summed E-state index contributed by atoms with van der Waals surface area (Å²) in [6.45, 7) is 0. The molecule has 1 aliphatic carbocycles. The molecule has 54 heavy (non-hydrogen) atoms. The van der Waals surface area contributed by atoms with Crippen LogP contribution in [-0.2, 0) is 0 Å².